The number of aliphatic carboxylic acids is 1. The molecule has 7 heteroatoms. The first kappa shape index (κ1) is 12.9. The maximum Gasteiger partial charge on any atom is 0.311 e. The second-order valence-electron chi connectivity index (χ2n) is 4.83. The molecule has 1 heterocycles. The molecule has 18 heavy (non-hydrogen) atoms. The zero-order valence-electron chi connectivity index (χ0n) is 10.3. The van der Waals surface area contributed by atoms with Crippen molar-refractivity contribution in [3.63, 3.8) is 0 Å². The molecule has 2 atom stereocenters. The molecular weight excluding hydrogens is 254 g/mol. The molecule has 2 unspecified atom stereocenters. The van der Waals surface area contributed by atoms with Crippen LogP contribution in [0.3, 0.4) is 0 Å². The number of carbonyl (C=O) groups is 2. The summed E-state index contributed by atoms with van der Waals surface area (Å²) in [5, 5.41) is 15.8. The van der Waals surface area contributed by atoms with Crippen molar-refractivity contribution in [2.24, 2.45) is 5.41 Å². The van der Waals surface area contributed by atoms with E-state index in [2.05, 4.69) is 14.9 Å². The molecule has 0 bridgehead atoms. The normalized spacial score (nSPS) is 27.1. The molecule has 0 aliphatic heterocycles. The van der Waals surface area contributed by atoms with Crippen LogP contribution in [0.15, 0.2) is 0 Å². The third kappa shape index (κ3) is 2.10. The monoisotopic (exact) mass is 269 g/mol. The summed E-state index contributed by atoms with van der Waals surface area (Å²) < 4.78 is 3.70. The lowest BCUT2D eigenvalue weighted by atomic mass is 9.85. The Morgan fingerprint density at radius 2 is 2.28 bits per heavy atom. The molecule has 1 saturated carbocycles. The van der Waals surface area contributed by atoms with E-state index in [0.29, 0.717) is 23.4 Å². The Balaban J connectivity index is 2.13. The van der Waals surface area contributed by atoms with Gasteiger partial charge in [0.25, 0.3) is 5.91 Å². The van der Waals surface area contributed by atoms with Crippen molar-refractivity contribution in [1.29, 1.82) is 0 Å². The Morgan fingerprint density at radius 3 is 2.83 bits per heavy atom. The van der Waals surface area contributed by atoms with E-state index in [1.54, 1.807) is 13.8 Å². The van der Waals surface area contributed by atoms with E-state index >= 15 is 0 Å². The van der Waals surface area contributed by atoms with Crippen LogP contribution in [0.4, 0.5) is 0 Å². The van der Waals surface area contributed by atoms with E-state index in [-0.39, 0.29) is 11.9 Å². The highest BCUT2D eigenvalue weighted by atomic mass is 32.1. The Kier molecular flexibility index (Phi) is 3.34. The second kappa shape index (κ2) is 4.64. The van der Waals surface area contributed by atoms with Crippen LogP contribution in [-0.2, 0) is 4.79 Å². The molecule has 0 spiro atoms. The summed E-state index contributed by atoms with van der Waals surface area (Å²) in [5.41, 5.74) is -0.297. The summed E-state index contributed by atoms with van der Waals surface area (Å²) in [6.45, 7) is 3.40. The maximum absolute atomic E-state index is 12.0. The molecule has 0 saturated heterocycles. The lowest BCUT2D eigenvalue weighted by Crippen LogP contribution is -2.47. The summed E-state index contributed by atoms with van der Waals surface area (Å²) in [5.74, 6) is -1.13. The van der Waals surface area contributed by atoms with Gasteiger partial charge in [-0.25, -0.2) is 0 Å². The van der Waals surface area contributed by atoms with E-state index in [1.807, 2.05) is 0 Å². The molecule has 1 aliphatic carbocycles. The van der Waals surface area contributed by atoms with Gasteiger partial charge in [-0.2, -0.15) is 0 Å². The molecule has 2 rings (SSSR count). The van der Waals surface area contributed by atoms with Crippen molar-refractivity contribution in [2.75, 3.05) is 0 Å². The van der Waals surface area contributed by atoms with Gasteiger partial charge >= 0.3 is 5.97 Å². The fourth-order valence-corrected chi connectivity index (χ4v) is 2.88. The average molecular weight is 269 g/mol. The predicted molar refractivity (Wildman–Crippen MR) is 65.5 cm³/mol. The maximum atomic E-state index is 12.0. The number of amides is 1. The van der Waals surface area contributed by atoms with Gasteiger partial charge in [0.1, 0.15) is 4.88 Å². The molecule has 1 aromatic heterocycles. The smallest absolute Gasteiger partial charge is 0.311 e. The number of hydrogen-bond donors (Lipinski definition) is 2. The Bertz CT molecular complexity index is 488. The Labute approximate surface area is 109 Å². The summed E-state index contributed by atoms with van der Waals surface area (Å²) in [6, 6.07) is -0.330. The van der Waals surface area contributed by atoms with Gasteiger partial charge in [-0.05, 0) is 38.2 Å². The van der Waals surface area contributed by atoms with Crippen LogP contribution in [0, 0.1) is 12.3 Å². The van der Waals surface area contributed by atoms with Crippen LogP contribution in [0.1, 0.15) is 41.6 Å². The van der Waals surface area contributed by atoms with Crippen LogP contribution < -0.4 is 5.32 Å². The minimum atomic E-state index is -0.873. The third-order valence-electron chi connectivity index (χ3n) is 3.61. The lowest BCUT2D eigenvalue weighted by molar-refractivity contribution is -0.148. The van der Waals surface area contributed by atoms with Gasteiger partial charge in [-0.3, -0.25) is 9.59 Å². The van der Waals surface area contributed by atoms with Gasteiger partial charge in [-0.15, -0.1) is 5.10 Å². The van der Waals surface area contributed by atoms with Crippen molar-refractivity contribution >= 4 is 23.4 Å². The van der Waals surface area contributed by atoms with E-state index in [1.165, 1.54) is 0 Å². The minimum absolute atomic E-state index is 0.276. The molecule has 98 valence electrons. The predicted octanol–water partition coefficient (Wildman–Crippen LogP) is 1.22. The zero-order chi connectivity index (χ0) is 13.3. The van der Waals surface area contributed by atoms with Crippen LogP contribution >= 0.6 is 11.5 Å². The zero-order valence-corrected chi connectivity index (χ0v) is 11.1. The Morgan fingerprint density at radius 1 is 1.56 bits per heavy atom. The van der Waals surface area contributed by atoms with Crippen LogP contribution in [-0.4, -0.2) is 32.6 Å². The van der Waals surface area contributed by atoms with Gasteiger partial charge in [0.2, 0.25) is 0 Å². The molecule has 6 nitrogen and oxygen atoms in total. The van der Waals surface area contributed by atoms with E-state index in [9.17, 15) is 14.7 Å². The van der Waals surface area contributed by atoms with Crippen LogP contribution in [0.5, 0.6) is 0 Å². The first-order valence-corrected chi connectivity index (χ1v) is 6.55. The van der Waals surface area contributed by atoms with Gasteiger partial charge < -0.3 is 10.4 Å². The number of carbonyl (C=O) groups excluding carboxylic acids is 1. The SMILES string of the molecule is Cc1nnsc1C(=O)NC1CCCC1(C)C(=O)O. The highest BCUT2D eigenvalue weighted by molar-refractivity contribution is 7.08. The summed E-state index contributed by atoms with van der Waals surface area (Å²) in [6.07, 6.45) is 2.10. The number of rotatable bonds is 3. The number of hydrogen-bond acceptors (Lipinski definition) is 5. The van der Waals surface area contributed by atoms with Gasteiger partial charge in [0.15, 0.2) is 0 Å². The average Bonchev–Trinajstić information content (AvgIpc) is 2.87. The number of carboxylic acids is 1. The van der Waals surface area contributed by atoms with Crippen molar-refractivity contribution in [2.45, 2.75) is 39.2 Å². The van der Waals surface area contributed by atoms with Crippen molar-refractivity contribution in [3.05, 3.63) is 10.6 Å². The van der Waals surface area contributed by atoms with Crippen molar-refractivity contribution < 1.29 is 14.7 Å². The number of nitrogens with one attached hydrogen (secondary N) is 1. The van der Waals surface area contributed by atoms with Gasteiger partial charge in [0.05, 0.1) is 11.1 Å². The lowest BCUT2D eigenvalue weighted by Gasteiger charge is -2.27. The highest BCUT2D eigenvalue weighted by Gasteiger charge is 2.46. The van der Waals surface area contributed by atoms with Crippen LogP contribution in [0.2, 0.25) is 0 Å². The number of carboxylic acid groups (broad SMARTS) is 1. The standard InChI is InChI=1S/C11H15N3O3S/c1-6-8(18-14-13-6)9(15)12-7-4-3-5-11(7,2)10(16)17/h7H,3-5H2,1-2H3,(H,12,15)(H,16,17). The molecule has 2 N–H and O–H groups in total. The summed E-state index contributed by atoms with van der Waals surface area (Å²) >= 11 is 1.03. The van der Waals surface area contributed by atoms with E-state index < -0.39 is 11.4 Å². The minimum Gasteiger partial charge on any atom is -0.481 e. The molecule has 1 aromatic rings. The van der Waals surface area contributed by atoms with Gasteiger partial charge in [0, 0.05) is 6.04 Å². The largest absolute Gasteiger partial charge is 0.481 e. The first-order chi connectivity index (χ1) is 8.45. The number of aromatic nitrogens is 2. The number of nitrogens with zero attached hydrogens (tertiary/aromatic N) is 2. The van der Waals surface area contributed by atoms with Gasteiger partial charge in [-0.1, -0.05) is 10.9 Å². The van der Waals surface area contributed by atoms with Crippen molar-refractivity contribution in [3.8, 4) is 0 Å². The fourth-order valence-electron chi connectivity index (χ4n) is 2.32. The molecule has 0 radical (unpaired) electrons. The second-order valence-corrected chi connectivity index (χ2v) is 5.58. The van der Waals surface area contributed by atoms with E-state index in [0.717, 1.165) is 18.0 Å². The van der Waals surface area contributed by atoms with E-state index in [4.69, 9.17) is 0 Å². The Hall–Kier alpha value is -1.50. The third-order valence-corrected chi connectivity index (χ3v) is 4.44. The number of aryl methyl sites for hydroxylation is 1. The fraction of sp³-hybridized carbons (Fsp3) is 0.636. The first-order valence-electron chi connectivity index (χ1n) is 5.78. The molecule has 1 aliphatic rings. The molecule has 1 amide bonds. The highest BCUT2D eigenvalue weighted by Crippen LogP contribution is 2.38. The van der Waals surface area contributed by atoms with Crippen LogP contribution in [0.25, 0.3) is 0 Å². The molecule has 0 aromatic carbocycles. The summed E-state index contributed by atoms with van der Waals surface area (Å²) in [4.78, 5) is 23.8. The van der Waals surface area contributed by atoms with Crippen molar-refractivity contribution in [1.82, 2.24) is 14.9 Å². The summed E-state index contributed by atoms with van der Waals surface area (Å²) in [7, 11) is 0. The molecular formula is C11H15N3O3S. The quantitative estimate of drug-likeness (QED) is 0.860. The topological polar surface area (TPSA) is 92.2 Å². The molecule has 1 fully saturated rings.